The average Bonchev–Trinajstić information content (AvgIpc) is 3.26. The molecule has 0 atom stereocenters. The van der Waals surface area contributed by atoms with E-state index < -0.39 is 22.9 Å². The predicted octanol–water partition coefficient (Wildman–Crippen LogP) is 4.30. The van der Waals surface area contributed by atoms with Gasteiger partial charge < -0.3 is 9.47 Å². The first-order valence-corrected chi connectivity index (χ1v) is 10.4. The molecule has 184 valence electrons. The second kappa shape index (κ2) is 9.50. The second-order valence-corrected chi connectivity index (χ2v) is 7.57. The molecular weight excluding hydrogens is 520 g/mol. The van der Waals surface area contributed by atoms with E-state index in [1.807, 2.05) is 0 Å². The maximum absolute atomic E-state index is 12.8. The lowest BCUT2D eigenvalue weighted by Crippen LogP contribution is -2.19. The Kier molecular flexibility index (Phi) is 6.62. The van der Waals surface area contributed by atoms with Gasteiger partial charge in [0.1, 0.15) is 11.4 Å². The zero-order valence-electron chi connectivity index (χ0n) is 17.5. The number of hydrogen-bond acceptors (Lipinski definition) is 9. The molecule has 0 spiro atoms. The van der Waals surface area contributed by atoms with Gasteiger partial charge >= 0.3 is 17.9 Å². The number of fused-ring (bicyclic) bond motifs is 1. The van der Waals surface area contributed by atoms with Crippen molar-refractivity contribution in [3.63, 3.8) is 0 Å². The van der Waals surface area contributed by atoms with Crippen molar-refractivity contribution in [2.45, 2.75) is 26.3 Å². The predicted molar refractivity (Wildman–Crippen MR) is 115 cm³/mol. The van der Waals surface area contributed by atoms with Crippen LogP contribution in [-0.2, 0) is 6.54 Å². The Labute approximate surface area is 203 Å². The highest BCUT2D eigenvalue weighted by molar-refractivity contribution is 6.34. The van der Waals surface area contributed by atoms with Crippen molar-refractivity contribution < 1.29 is 27.6 Å². The van der Waals surface area contributed by atoms with Crippen LogP contribution in [0.25, 0.3) is 16.7 Å². The van der Waals surface area contributed by atoms with Gasteiger partial charge in [0.25, 0.3) is 0 Å². The van der Waals surface area contributed by atoms with Crippen LogP contribution in [0.4, 0.5) is 18.9 Å². The fourth-order valence-corrected chi connectivity index (χ4v) is 3.54. The third kappa shape index (κ3) is 5.19. The molecule has 0 bridgehead atoms. The molecule has 0 aromatic carbocycles. The van der Waals surface area contributed by atoms with E-state index in [1.165, 1.54) is 29.9 Å². The molecule has 0 aliphatic rings. The average molecular weight is 533 g/mol. The molecule has 17 heteroatoms. The SMILES string of the molecule is Cc1c([N+](=O)[O-])c(OCCCn2nc(Cl)c3cnc(Cl)nc32)nn1-c1cccnc1OC(F)(F)F. The van der Waals surface area contributed by atoms with Gasteiger partial charge in [-0.15, -0.1) is 18.3 Å². The molecule has 0 fully saturated rings. The Morgan fingerprint density at radius 2 is 1.97 bits per heavy atom. The van der Waals surface area contributed by atoms with E-state index in [0.29, 0.717) is 17.5 Å². The van der Waals surface area contributed by atoms with E-state index in [-0.39, 0.29) is 40.8 Å². The van der Waals surface area contributed by atoms with Crippen LogP contribution in [0.15, 0.2) is 24.5 Å². The number of hydrogen-bond donors (Lipinski definition) is 0. The topological polar surface area (TPSA) is 136 Å². The molecule has 0 amide bonds. The van der Waals surface area contributed by atoms with Crippen LogP contribution in [0.5, 0.6) is 11.8 Å². The molecule has 4 heterocycles. The summed E-state index contributed by atoms with van der Waals surface area (Å²) >= 11 is 11.9. The molecule has 0 saturated heterocycles. The number of aromatic nitrogens is 7. The quantitative estimate of drug-likeness (QED) is 0.141. The zero-order valence-corrected chi connectivity index (χ0v) is 19.0. The van der Waals surface area contributed by atoms with Crippen molar-refractivity contribution in [3.8, 4) is 17.4 Å². The van der Waals surface area contributed by atoms with E-state index in [1.54, 1.807) is 0 Å². The van der Waals surface area contributed by atoms with E-state index in [9.17, 15) is 23.3 Å². The minimum absolute atomic E-state index is 0.00693. The number of nitrogens with zero attached hydrogens (tertiary/aromatic N) is 8. The number of aryl methyl sites for hydroxylation is 1. The number of alkyl halides is 3. The standard InChI is InChI=1S/C18H13Cl2F3N8O4/c1-9-12(31(32)33)16(28-30(9)11-4-2-5-24-15(11)35-18(21,22)23)34-7-3-6-29-14-10(13(19)27-29)8-25-17(20)26-14/h2,4-5,8H,3,6-7H2,1H3. The monoisotopic (exact) mass is 532 g/mol. The Morgan fingerprint density at radius 3 is 2.69 bits per heavy atom. The summed E-state index contributed by atoms with van der Waals surface area (Å²) in [7, 11) is 0. The van der Waals surface area contributed by atoms with Crippen molar-refractivity contribution in [2.24, 2.45) is 0 Å². The van der Waals surface area contributed by atoms with Crippen LogP contribution in [0.2, 0.25) is 10.4 Å². The maximum atomic E-state index is 12.8. The Balaban J connectivity index is 1.55. The van der Waals surface area contributed by atoms with Crippen molar-refractivity contribution >= 4 is 39.9 Å². The molecule has 0 aliphatic carbocycles. The number of ether oxygens (including phenoxy) is 2. The van der Waals surface area contributed by atoms with Gasteiger partial charge in [0, 0.05) is 25.4 Å². The minimum Gasteiger partial charge on any atom is -0.472 e. The molecule has 0 aliphatic heterocycles. The van der Waals surface area contributed by atoms with Crippen molar-refractivity contribution in [2.75, 3.05) is 6.61 Å². The molecule has 0 radical (unpaired) electrons. The number of halogens is 5. The zero-order chi connectivity index (χ0) is 25.3. The van der Waals surface area contributed by atoms with Crippen LogP contribution < -0.4 is 9.47 Å². The smallest absolute Gasteiger partial charge is 0.472 e. The van der Waals surface area contributed by atoms with Gasteiger partial charge in [0.05, 0.1) is 16.9 Å². The van der Waals surface area contributed by atoms with Crippen molar-refractivity contribution in [3.05, 3.63) is 50.8 Å². The molecule has 4 rings (SSSR count). The fourth-order valence-electron chi connectivity index (χ4n) is 3.18. The van der Waals surface area contributed by atoms with Gasteiger partial charge in [-0.05, 0) is 30.7 Å². The van der Waals surface area contributed by atoms with Gasteiger partial charge in [0.2, 0.25) is 11.2 Å². The molecule has 4 aromatic rings. The second-order valence-electron chi connectivity index (χ2n) is 6.88. The van der Waals surface area contributed by atoms with Crippen LogP contribution in [-0.4, -0.2) is 52.4 Å². The highest BCUT2D eigenvalue weighted by atomic mass is 35.5. The third-order valence-electron chi connectivity index (χ3n) is 4.60. The highest BCUT2D eigenvalue weighted by Gasteiger charge is 2.35. The summed E-state index contributed by atoms with van der Waals surface area (Å²) < 4.78 is 50.1. The first kappa shape index (κ1) is 24.4. The van der Waals surface area contributed by atoms with Crippen LogP contribution in [0, 0.1) is 17.0 Å². The highest BCUT2D eigenvalue weighted by Crippen LogP contribution is 2.35. The lowest BCUT2D eigenvalue weighted by molar-refractivity contribution is -0.386. The van der Waals surface area contributed by atoms with E-state index in [2.05, 4.69) is 29.9 Å². The van der Waals surface area contributed by atoms with Crippen LogP contribution >= 0.6 is 23.2 Å². The summed E-state index contributed by atoms with van der Waals surface area (Å²) in [6, 6.07) is 2.56. The minimum atomic E-state index is -5.02. The summed E-state index contributed by atoms with van der Waals surface area (Å²) in [6.45, 7) is 1.52. The molecule has 0 saturated carbocycles. The Hall–Kier alpha value is -3.72. The largest absolute Gasteiger partial charge is 0.574 e. The van der Waals surface area contributed by atoms with Crippen LogP contribution in [0.1, 0.15) is 12.1 Å². The molecule has 35 heavy (non-hydrogen) atoms. The Morgan fingerprint density at radius 1 is 1.20 bits per heavy atom. The van der Waals surface area contributed by atoms with Gasteiger partial charge in [-0.1, -0.05) is 11.6 Å². The van der Waals surface area contributed by atoms with E-state index >= 15 is 0 Å². The number of nitro groups is 1. The van der Waals surface area contributed by atoms with Gasteiger partial charge in [-0.25, -0.2) is 19.3 Å². The fraction of sp³-hybridized carbons (Fsp3) is 0.278. The normalized spacial score (nSPS) is 11.7. The van der Waals surface area contributed by atoms with Crippen molar-refractivity contribution in [1.29, 1.82) is 0 Å². The molecule has 0 unspecified atom stereocenters. The summed E-state index contributed by atoms with van der Waals surface area (Å²) in [5.74, 6) is -1.21. The Bertz CT molecular complexity index is 1410. The lowest BCUT2D eigenvalue weighted by Gasteiger charge is -2.12. The number of pyridine rings is 1. The summed E-state index contributed by atoms with van der Waals surface area (Å²) in [6.07, 6.45) is -2.21. The van der Waals surface area contributed by atoms with E-state index in [4.69, 9.17) is 27.9 Å². The van der Waals surface area contributed by atoms with E-state index in [0.717, 1.165) is 10.9 Å². The first-order chi connectivity index (χ1) is 16.5. The third-order valence-corrected chi connectivity index (χ3v) is 5.06. The molecule has 0 N–H and O–H groups in total. The molecule has 12 nitrogen and oxygen atoms in total. The summed E-state index contributed by atoms with van der Waals surface area (Å²) in [5.41, 5.74) is -0.454. The van der Waals surface area contributed by atoms with Gasteiger partial charge in [-0.3, -0.25) is 10.1 Å². The summed E-state index contributed by atoms with van der Waals surface area (Å²) in [5, 5.41) is 20.4. The maximum Gasteiger partial charge on any atom is 0.574 e. The lowest BCUT2D eigenvalue weighted by atomic mass is 10.3. The van der Waals surface area contributed by atoms with Crippen LogP contribution in [0.3, 0.4) is 0 Å². The first-order valence-electron chi connectivity index (χ1n) is 9.67. The van der Waals surface area contributed by atoms with Crippen molar-refractivity contribution in [1.82, 2.24) is 34.5 Å². The van der Waals surface area contributed by atoms with Gasteiger partial charge in [-0.2, -0.15) is 10.1 Å². The molecule has 4 aromatic heterocycles. The van der Waals surface area contributed by atoms with Gasteiger partial charge in [0.15, 0.2) is 10.8 Å². The summed E-state index contributed by atoms with van der Waals surface area (Å²) in [4.78, 5) is 22.4. The number of rotatable bonds is 8. The molecular formula is C18H13Cl2F3N8O4.